The molecule has 0 aliphatic carbocycles. The summed E-state index contributed by atoms with van der Waals surface area (Å²) in [7, 11) is 1.58. The van der Waals surface area contributed by atoms with Crippen molar-refractivity contribution in [2.75, 3.05) is 24.3 Å². The van der Waals surface area contributed by atoms with Gasteiger partial charge in [-0.25, -0.2) is 0 Å². The number of aromatic nitrogens is 3. The van der Waals surface area contributed by atoms with Gasteiger partial charge in [-0.2, -0.15) is 10.1 Å². The summed E-state index contributed by atoms with van der Waals surface area (Å²) in [6.45, 7) is 5.02. The smallest absolute Gasteiger partial charge is 0.244 e. The van der Waals surface area contributed by atoms with Gasteiger partial charge in [-0.15, -0.1) is 5.10 Å². The van der Waals surface area contributed by atoms with Crippen LogP contribution in [0.5, 0.6) is 5.75 Å². The molecule has 0 saturated heterocycles. The average Bonchev–Trinajstić information content (AvgIpc) is 2.46. The molecule has 0 fully saturated rings. The van der Waals surface area contributed by atoms with Crippen LogP contribution in [-0.4, -0.2) is 28.8 Å². The topological polar surface area (TPSA) is 72.0 Å². The zero-order valence-corrected chi connectivity index (χ0v) is 13.0. The van der Waals surface area contributed by atoms with Crippen LogP contribution in [0, 0.1) is 5.92 Å². The maximum absolute atomic E-state index is 6.09. The molecule has 0 aliphatic rings. The Kier molecular flexibility index (Phi) is 5.16. The first kappa shape index (κ1) is 15.3. The van der Waals surface area contributed by atoms with Crippen LogP contribution in [-0.2, 0) is 0 Å². The Balaban J connectivity index is 2.08. The van der Waals surface area contributed by atoms with Crippen molar-refractivity contribution in [2.45, 2.75) is 13.8 Å². The molecule has 2 aromatic rings. The standard InChI is InChI=1S/C14H18ClN5O/c1-9(2)7-16-14-19-13(8-17-20-14)18-10-4-5-12(21-3)11(15)6-10/h4-6,8-9H,7H2,1-3H3,(H2,16,18,19,20). The Hall–Kier alpha value is -2.08. The zero-order valence-electron chi connectivity index (χ0n) is 12.2. The SMILES string of the molecule is COc1ccc(Nc2cnnc(NCC(C)C)n2)cc1Cl. The summed E-state index contributed by atoms with van der Waals surface area (Å²) < 4.78 is 5.12. The molecule has 2 N–H and O–H groups in total. The van der Waals surface area contributed by atoms with Crippen molar-refractivity contribution in [3.8, 4) is 5.75 Å². The van der Waals surface area contributed by atoms with E-state index >= 15 is 0 Å². The Morgan fingerprint density at radius 1 is 1.33 bits per heavy atom. The minimum atomic E-state index is 0.494. The van der Waals surface area contributed by atoms with Gasteiger partial charge in [0.1, 0.15) is 5.75 Å². The largest absolute Gasteiger partial charge is 0.495 e. The lowest BCUT2D eigenvalue weighted by molar-refractivity contribution is 0.415. The number of hydrogen-bond donors (Lipinski definition) is 2. The van der Waals surface area contributed by atoms with Gasteiger partial charge in [0, 0.05) is 12.2 Å². The average molecular weight is 308 g/mol. The molecule has 21 heavy (non-hydrogen) atoms. The van der Waals surface area contributed by atoms with Crippen molar-refractivity contribution in [3.63, 3.8) is 0 Å². The minimum Gasteiger partial charge on any atom is -0.495 e. The van der Waals surface area contributed by atoms with Crippen molar-refractivity contribution in [2.24, 2.45) is 5.92 Å². The summed E-state index contributed by atoms with van der Waals surface area (Å²) in [6.07, 6.45) is 1.55. The molecule has 1 heterocycles. The summed E-state index contributed by atoms with van der Waals surface area (Å²) >= 11 is 6.09. The van der Waals surface area contributed by atoms with E-state index in [4.69, 9.17) is 16.3 Å². The van der Waals surface area contributed by atoms with E-state index in [9.17, 15) is 0 Å². The number of hydrogen-bond acceptors (Lipinski definition) is 6. The van der Waals surface area contributed by atoms with Crippen molar-refractivity contribution < 1.29 is 4.74 Å². The highest BCUT2D eigenvalue weighted by molar-refractivity contribution is 6.32. The highest BCUT2D eigenvalue weighted by Gasteiger charge is 2.05. The van der Waals surface area contributed by atoms with E-state index in [-0.39, 0.29) is 0 Å². The molecular formula is C14H18ClN5O. The molecule has 0 spiro atoms. The molecule has 0 amide bonds. The number of nitrogens with zero attached hydrogens (tertiary/aromatic N) is 3. The van der Waals surface area contributed by atoms with Crippen LogP contribution in [0.1, 0.15) is 13.8 Å². The first-order chi connectivity index (χ1) is 10.1. The number of anilines is 3. The fraction of sp³-hybridized carbons (Fsp3) is 0.357. The van der Waals surface area contributed by atoms with Crippen molar-refractivity contribution in [3.05, 3.63) is 29.4 Å². The maximum atomic E-state index is 6.09. The van der Waals surface area contributed by atoms with E-state index in [1.54, 1.807) is 25.4 Å². The Labute approximate surface area is 128 Å². The molecule has 0 atom stereocenters. The second kappa shape index (κ2) is 7.08. The Morgan fingerprint density at radius 2 is 2.14 bits per heavy atom. The summed E-state index contributed by atoms with van der Waals surface area (Å²) in [4.78, 5) is 4.34. The van der Waals surface area contributed by atoms with Crippen molar-refractivity contribution in [1.82, 2.24) is 15.2 Å². The van der Waals surface area contributed by atoms with Crippen LogP contribution in [0.4, 0.5) is 17.5 Å². The number of nitrogens with one attached hydrogen (secondary N) is 2. The van der Waals surface area contributed by atoms with E-state index in [1.165, 1.54) is 0 Å². The van der Waals surface area contributed by atoms with Crippen LogP contribution in [0.15, 0.2) is 24.4 Å². The van der Waals surface area contributed by atoms with E-state index in [0.29, 0.717) is 28.5 Å². The third kappa shape index (κ3) is 4.46. The van der Waals surface area contributed by atoms with Crippen LogP contribution in [0.25, 0.3) is 0 Å². The van der Waals surface area contributed by atoms with Crippen LogP contribution >= 0.6 is 11.6 Å². The first-order valence-corrected chi connectivity index (χ1v) is 7.00. The van der Waals surface area contributed by atoms with E-state index in [2.05, 4.69) is 39.7 Å². The lowest BCUT2D eigenvalue weighted by Gasteiger charge is -2.10. The van der Waals surface area contributed by atoms with E-state index in [1.807, 2.05) is 6.07 Å². The molecular weight excluding hydrogens is 290 g/mol. The molecule has 0 unspecified atom stereocenters. The number of benzene rings is 1. The van der Waals surface area contributed by atoms with Gasteiger partial charge in [-0.05, 0) is 24.1 Å². The molecule has 1 aromatic carbocycles. The summed E-state index contributed by atoms with van der Waals surface area (Å²) in [5.41, 5.74) is 0.802. The highest BCUT2D eigenvalue weighted by Crippen LogP contribution is 2.28. The predicted molar refractivity (Wildman–Crippen MR) is 84.4 cm³/mol. The lowest BCUT2D eigenvalue weighted by atomic mass is 10.2. The third-order valence-corrected chi connectivity index (χ3v) is 2.95. The van der Waals surface area contributed by atoms with Crippen molar-refractivity contribution in [1.29, 1.82) is 0 Å². The predicted octanol–water partition coefficient (Wildman–Crippen LogP) is 3.35. The maximum Gasteiger partial charge on any atom is 0.244 e. The van der Waals surface area contributed by atoms with Gasteiger partial charge in [0.15, 0.2) is 5.82 Å². The normalized spacial score (nSPS) is 10.5. The van der Waals surface area contributed by atoms with Crippen LogP contribution in [0.3, 0.4) is 0 Å². The molecule has 0 aliphatic heterocycles. The molecule has 0 radical (unpaired) electrons. The van der Waals surface area contributed by atoms with Gasteiger partial charge in [0.2, 0.25) is 5.95 Å². The fourth-order valence-corrected chi connectivity index (χ4v) is 1.88. The molecule has 7 heteroatoms. The molecule has 112 valence electrons. The van der Waals surface area contributed by atoms with Gasteiger partial charge in [0.25, 0.3) is 0 Å². The molecule has 0 saturated carbocycles. The number of halogens is 1. The monoisotopic (exact) mass is 307 g/mol. The number of methoxy groups -OCH3 is 1. The van der Waals surface area contributed by atoms with Gasteiger partial charge in [0.05, 0.1) is 18.3 Å². The Bertz CT molecular complexity index is 606. The van der Waals surface area contributed by atoms with Crippen LogP contribution in [0.2, 0.25) is 5.02 Å². The van der Waals surface area contributed by atoms with E-state index in [0.717, 1.165) is 12.2 Å². The molecule has 0 bridgehead atoms. The molecule has 6 nitrogen and oxygen atoms in total. The first-order valence-electron chi connectivity index (χ1n) is 6.62. The molecule has 1 aromatic heterocycles. The van der Waals surface area contributed by atoms with Gasteiger partial charge in [-0.1, -0.05) is 25.4 Å². The van der Waals surface area contributed by atoms with Crippen molar-refractivity contribution >= 4 is 29.1 Å². The third-order valence-electron chi connectivity index (χ3n) is 2.65. The highest BCUT2D eigenvalue weighted by atomic mass is 35.5. The fourth-order valence-electron chi connectivity index (χ4n) is 1.63. The lowest BCUT2D eigenvalue weighted by Crippen LogP contribution is -2.11. The van der Waals surface area contributed by atoms with E-state index < -0.39 is 0 Å². The second-order valence-corrected chi connectivity index (χ2v) is 5.32. The molecule has 2 rings (SSSR count). The van der Waals surface area contributed by atoms with Gasteiger partial charge in [-0.3, -0.25) is 0 Å². The second-order valence-electron chi connectivity index (χ2n) is 4.91. The Morgan fingerprint density at radius 3 is 2.81 bits per heavy atom. The summed E-state index contributed by atoms with van der Waals surface area (Å²) in [5, 5.41) is 14.6. The summed E-state index contributed by atoms with van der Waals surface area (Å²) in [6, 6.07) is 5.41. The van der Waals surface area contributed by atoms with Crippen LogP contribution < -0.4 is 15.4 Å². The number of ether oxygens (including phenoxy) is 1. The summed E-state index contributed by atoms with van der Waals surface area (Å²) in [5.74, 6) is 2.22. The van der Waals surface area contributed by atoms with Gasteiger partial charge >= 0.3 is 0 Å². The quantitative estimate of drug-likeness (QED) is 0.852. The van der Waals surface area contributed by atoms with Gasteiger partial charge < -0.3 is 15.4 Å². The minimum absolute atomic E-state index is 0.494. The number of rotatable bonds is 6. The zero-order chi connectivity index (χ0) is 15.2.